The van der Waals surface area contributed by atoms with Gasteiger partial charge in [0.05, 0.1) is 0 Å². The molecule has 3 aromatic rings. The lowest BCUT2D eigenvalue weighted by Crippen LogP contribution is -2.40. The maximum atomic E-state index is 12.9. The summed E-state index contributed by atoms with van der Waals surface area (Å²) < 4.78 is 0. The number of nitrogens with zero attached hydrogens (tertiary/aromatic N) is 1. The summed E-state index contributed by atoms with van der Waals surface area (Å²) in [6.45, 7) is 3.25. The fraction of sp³-hybridized carbons (Fsp3) is 0.273. The van der Waals surface area contributed by atoms with E-state index in [1.807, 2.05) is 66.6 Å². The molecule has 1 saturated heterocycles. The Morgan fingerprint density at radius 3 is 2.58 bits per heavy atom. The van der Waals surface area contributed by atoms with E-state index in [4.69, 9.17) is 0 Å². The molecule has 2 heterocycles. The van der Waals surface area contributed by atoms with Gasteiger partial charge in [0.1, 0.15) is 0 Å². The van der Waals surface area contributed by atoms with Crippen LogP contribution in [-0.4, -0.2) is 34.7 Å². The van der Waals surface area contributed by atoms with Crippen LogP contribution >= 0.6 is 0 Å². The molecule has 0 spiro atoms. The van der Waals surface area contributed by atoms with Crippen LogP contribution in [0.15, 0.2) is 54.7 Å². The van der Waals surface area contributed by atoms with Crippen molar-refractivity contribution in [3.8, 4) is 0 Å². The highest BCUT2D eigenvalue weighted by atomic mass is 16.2. The first-order valence-corrected chi connectivity index (χ1v) is 9.10. The Hall–Kier alpha value is -2.88. The Bertz CT molecular complexity index is 965. The van der Waals surface area contributed by atoms with E-state index in [9.17, 15) is 9.59 Å². The van der Waals surface area contributed by atoms with Crippen LogP contribution in [0.1, 0.15) is 39.1 Å². The highest BCUT2D eigenvalue weighted by molar-refractivity contribution is 6.09. The molecule has 1 N–H and O–H groups in total. The minimum absolute atomic E-state index is 0.0178. The normalized spacial score (nSPS) is 15.3. The average Bonchev–Trinajstić information content (AvgIpc) is 3.11. The summed E-state index contributed by atoms with van der Waals surface area (Å²) in [6.07, 6.45) is 3.25. The maximum Gasteiger partial charge on any atom is 0.253 e. The molecule has 0 saturated carbocycles. The largest absolute Gasteiger partial charge is 0.360 e. The van der Waals surface area contributed by atoms with Gasteiger partial charge in [-0.3, -0.25) is 9.59 Å². The number of ketones is 1. The van der Waals surface area contributed by atoms with Gasteiger partial charge in [-0.15, -0.1) is 0 Å². The second-order valence-corrected chi connectivity index (χ2v) is 7.05. The number of rotatable bonds is 3. The number of benzene rings is 2. The Kier molecular flexibility index (Phi) is 4.33. The van der Waals surface area contributed by atoms with Crippen molar-refractivity contribution in [1.82, 2.24) is 9.88 Å². The summed E-state index contributed by atoms with van der Waals surface area (Å²) in [5, 5.41) is 0.982. The molecular formula is C22H22N2O2. The lowest BCUT2D eigenvalue weighted by Gasteiger charge is -2.31. The second-order valence-electron chi connectivity index (χ2n) is 7.05. The number of Topliss-reactive ketones (excluding diaryl/α,β-unsaturated/α-hetero) is 1. The minimum atomic E-state index is -0.0178. The van der Waals surface area contributed by atoms with E-state index in [0.29, 0.717) is 13.1 Å². The van der Waals surface area contributed by atoms with Crippen LogP contribution < -0.4 is 0 Å². The zero-order valence-electron chi connectivity index (χ0n) is 14.9. The number of aromatic nitrogens is 1. The van der Waals surface area contributed by atoms with Gasteiger partial charge in [-0.1, -0.05) is 35.9 Å². The maximum absolute atomic E-state index is 12.9. The number of aryl methyl sites for hydroxylation is 1. The standard InChI is InChI=1S/C22H22N2O2/c1-15-5-4-6-17(13-15)22(26)24-11-9-16(10-12-24)21(25)19-14-23-20-8-3-2-7-18(19)20/h2-8,13-14,16,23H,9-12H2,1H3. The third kappa shape index (κ3) is 3.03. The molecule has 1 aliphatic heterocycles. The van der Waals surface area contributed by atoms with Gasteiger partial charge in [0.2, 0.25) is 0 Å². The fourth-order valence-corrected chi connectivity index (χ4v) is 3.80. The van der Waals surface area contributed by atoms with Gasteiger partial charge in [-0.2, -0.15) is 0 Å². The van der Waals surface area contributed by atoms with Crippen molar-refractivity contribution in [2.24, 2.45) is 5.92 Å². The summed E-state index contributed by atoms with van der Waals surface area (Å²) >= 11 is 0. The lowest BCUT2D eigenvalue weighted by molar-refractivity contribution is 0.0650. The Labute approximate surface area is 152 Å². The quantitative estimate of drug-likeness (QED) is 0.722. The monoisotopic (exact) mass is 346 g/mol. The minimum Gasteiger partial charge on any atom is -0.360 e. The zero-order valence-corrected chi connectivity index (χ0v) is 14.9. The van der Waals surface area contributed by atoms with Gasteiger partial charge < -0.3 is 9.88 Å². The van der Waals surface area contributed by atoms with E-state index >= 15 is 0 Å². The fourth-order valence-electron chi connectivity index (χ4n) is 3.80. The molecule has 0 atom stereocenters. The second kappa shape index (κ2) is 6.79. The van der Waals surface area contributed by atoms with Crippen molar-refractivity contribution in [1.29, 1.82) is 0 Å². The molecule has 1 fully saturated rings. The van der Waals surface area contributed by atoms with Crippen molar-refractivity contribution in [2.45, 2.75) is 19.8 Å². The molecule has 0 unspecified atom stereocenters. The van der Waals surface area contributed by atoms with Crippen LogP contribution in [-0.2, 0) is 0 Å². The van der Waals surface area contributed by atoms with Gasteiger partial charge in [-0.05, 0) is 38.0 Å². The molecule has 1 aliphatic rings. The van der Waals surface area contributed by atoms with Crippen molar-refractivity contribution < 1.29 is 9.59 Å². The summed E-state index contributed by atoms with van der Waals surface area (Å²) in [4.78, 5) is 30.7. The number of hydrogen-bond acceptors (Lipinski definition) is 2. The molecule has 4 nitrogen and oxygen atoms in total. The van der Waals surface area contributed by atoms with Crippen molar-refractivity contribution in [2.75, 3.05) is 13.1 Å². The third-order valence-electron chi connectivity index (χ3n) is 5.27. The number of amides is 1. The first-order chi connectivity index (χ1) is 12.6. The number of nitrogens with one attached hydrogen (secondary N) is 1. The van der Waals surface area contributed by atoms with Gasteiger partial charge >= 0.3 is 0 Å². The summed E-state index contributed by atoms with van der Waals surface area (Å²) in [6, 6.07) is 15.6. The number of para-hydroxylation sites is 1. The van der Waals surface area contributed by atoms with Crippen molar-refractivity contribution in [3.63, 3.8) is 0 Å². The van der Waals surface area contributed by atoms with E-state index in [-0.39, 0.29) is 17.6 Å². The van der Waals surface area contributed by atoms with Crippen LogP contribution in [0.4, 0.5) is 0 Å². The van der Waals surface area contributed by atoms with E-state index in [0.717, 1.165) is 40.4 Å². The van der Waals surface area contributed by atoms with E-state index in [1.54, 1.807) is 0 Å². The molecule has 4 heteroatoms. The van der Waals surface area contributed by atoms with Crippen LogP contribution in [0.2, 0.25) is 0 Å². The molecule has 2 aromatic carbocycles. The van der Waals surface area contributed by atoms with Crippen molar-refractivity contribution >= 4 is 22.6 Å². The number of likely N-dealkylation sites (tertiary alicyclic amines) is 1. The Morgan fingerprint density at radius 2 is 1.81 bits per heavy atom. The van der Waals surface area contributed by atoms with Gasteiger partial charge in [0.25, 0.3) is 5.91 Å². The van der Waals surface area contributed by atoms with Gasteiger partial charge in [0.15, 0.2) is 5.78 Å². The lowest BCUT2D eigenvalue weighted by atomic mass is 9.88. The Balaban J connectivity index is 1.45. The van der Waals surface area contributed by atoms with Crippen LogP contribution in [0, 0.1) is 12.8 Å². The highest BCUT2D eigenvalue weighted by Gasteiger charge is 2.29. The molecule has 132 valence electrons. The van der Waals surface area contributed by atoms with Gasteiger partial charge in [-0.25, -0.2) is 0 Å². The third-order valence-corrected chi connectivity index (χ3v) is 5.27. The SMILES string of the molecule is Cc1cccc(C(=O)N2CCC(C(=O)c3c[nH]c4ccccc34)CC2)c1. The average molecular weight is 346 g/mol. The van der Waals surface area contributed by atoms with Gasteiger partial charge in [0, 0.05) is 47.2 Å². The topological polar surface area (TPSA) is 53.2 Å². The summed E-state index contributed by atoms with van der Waals surface area (Å²) in [5.74, 6) is 0.229. The highest BCUT2D eigenvalue weighted by Crippen LogP contribution is 2.27. The number of hydrogen-bond donors (Lipinski definition) is 1. The number of H-pyrrole nitrogens is 1. The number of aromatic amines is 1. The zero-order chi connectivity index (χ0) is 18.1. The first kappa shape index (κ1) is 16.6. The molecule has 0 radical (unpaired) electrons. The van der Waals surface area contributed by atoms with E-state index < -0.39 is 0 Å². The Morgan fingerprint density at radius 1 is 1.04 bits per heavy atom. The molecule has 26 heavy (non-hydrogen) atoms. The number of fused-ring (bicyclic) bond motifs is 1. The van der Waals surface area contributed by atoms with Crippen LogP contribution in [0.5, 0.6) is 0 Å². The number of piperidine rings is 1. The van der Waals surface area contributed by atoms with Crippen LogP contribution in [0.3, 0.4) is 0 Å². The predicted molar refractivity (Wildman–Crippen MR) is 102 cm³/mol. The molecule has 4 rings (SSSR count). The number of carbonyl (C=O) groups excluding carboxylic acids is 2. The molecular weight excluding hydrogens is 324 g/mol. The van der Waals surface area contributed by atoms with E-state index in [2.05, 4.69) is 4.98 Å². The summed E-state index contributed by atoms with van der Waals surface area (Å²) in [7, 11) is 0. The smallest absolute Gasteiger partial charge is 0.253 e. The number of carbonyl (C=O) groups is 2. The molecule has 0 aliphatic carbocycles. The molecule has 1 amide bonds. The predicted octanol–water partition coefficient (Wildman–Crippen LogP) is 4.21. The van der Waals surface area contributed by atoms with Crippen molar-refractivity contribution in [3.05, 3.63) is 71.4 Å². The van der Waals surface area contributed by atoms with Crippen LogP contribution in [0.25, 0.3) is 10.9 Å². The summed E-state index contributed by atoms with van der Waals surface area (Å²) in [5.41, 5.74) is 3.57. The first-order valence-electron chi connectivity index (χ1n) is 9.10. The van der Waals surface area contributed by atoms with E-state index in [1.165, 1.54) is 0 Å². The molecule has 1 aromatic heterocycles. The molecule has 0 bridgehead atoms.